The second-order valence-corrected chi connectivity index (χ2v) is 6.22. The second-order valence-electron chi connectivity index (χ2n) is 6.22. The first-order valence-electron chi connectivity index (χ1n) is 8.01. The summed E-state index contributed by atoms with van der Waals surface area (Å²) in [4.78, 5) is 2.55. The van der Waals surface area contributed by atoms with E-state index in [-0.39, 0.29) is 12.6 Å². The molecular formula is C17H26N2O. The van der Waals surface area contributed by atoms with Gasteiger partial charge in [0.1, 0.15) is 0 Å². The van der Waals surface area contributed by atoms with Gasteiger partial charge in [-0.25, -0.2) is 0 Å². The minimum atomic E-state index is 0.268. The molecule has 3 nitrogen and oxygen atoms in total. The smallest absolute Gasteiger partial charge is 0.0585 e. The third kappa shape index (κ3) is 3.81. The lowest BCUT2D eigenvalue weighted by Gasteiger charge is -2.23. The Morgan fingerprint density at radius 3 is 2.35 bits per heavy atom. The lowest BCUT2D eigenvalue weighted by atomic mass is 10.0. The Morgan fingerprint density at radius 1 is 1.15 bits per heavy atom. The summed E-state index contributed by atoms with van der Waals surface area (Å²) < 4.78 is 0. The molecule has 20 heavy (non-hydrogen) atoms. The highest BCUT2D eigenvalue weighted by molar-refractivity contribution is 5.28. The number of benzene rings is 1. The van der Waals surface area contributed by atoms with Gasteiger partial charge in [-0.2, -0.15) is 0 Å². The fourth-order valence-corrected chi connectivity index (χ4v) is 3.09. The van der Waals surface area contributed by atoms with Crippen molar-refractivity contribution in [3.05, 3.63) is 35.4 Å². The van der Waals surface area contributed by atoms with Gasteiger partial charge in [-0.3, -0.25) is 0 Å². The zero-order chi connectivity index (χ0) is 13.8. The van der Waals surface area contributed by atoms with E-state index in [1.54, 1.807) is 0 Å². The number of aliphatic hydroxyl groups is 1. The van der Waals surface area contributed by atoms with Crippen molar-refractivity contribution in [3.8, 4) is 0 Å². The number of rotatable bonds is 6. The molecule has 0 amide bonds. The molecule has 1 aromatic rings. The van der Waals surface area contributed by atoms with E-state index in [0.29, 0.717) is 6.04 Å². The van der Waals surface area contributed by atoms with Gasteiger partial charge in [0.15, 0.2) is 0 Å². The Labute approximate surface area is 122 Å². The second kappa shape index (κ2) is 6.70. The lowest BCUT2D eigenvalue weighted by Crippen LogP contribution is -2.38. The normalized spacial score (nSPS) is 21.2. The zero-order valence-electron chi connectivity index (χ0n) is 12.2. The highest BCUT2D eigenvalue weighted by atomic mass is 16.3. The SMILES string of the molecule is OCC(CCN1CCc2ccccc2CC1)NC1CC1. The van der Waals surface area contributed by atoms with Gasteiger partial charge < -0.3 is 15.3 Å². The van der Waals surface area contributed by atoms with Gasteiger partial charge in [-0.15, -0.1) is 0 Å². The van der Waals surface area contributed by atoms with Crippen LogP contribution in [0.3, 0.4) is 0 Å². The first-order valence-corrected chi connectivity index (χ1v) is 8.01. The number of fused-ring (bicyclic) bond motifs is 1. The van der Waals surface area contributed by atoms with E-state index < -0.39 is 0 Å². The topological polar surface area (TPSA) is 35.5 Å². The van der Waals surface area contributed by atoms with Crippen molar-refractivity contribution in [2.45, 2.75) is 44.2 Å². The van der Waals surface area contributed by atoms with E-state index in [2.05, 4.69) is 34.5 Å². The van der Waals surface area contributed by atoms with Crippen molar-refractivity contribution in [1.82, 2.24) is 10.2 Å². The predicted octanol–water partition coefficient (Wildman–Crippen LogP) is 1.59. The third-order valence-corrected chi connectivity index (χ3v) is 4.58. The van der Waals surface area contributed by atoms with Crippen molar-refractivity contribution < 1.29 is 5.11 Å². The minimum Gasteiger partial charge on any atom is -0.395 e. The molecule has 1 fully saturated rings. The Balaban J connectivity index is 1.47. The highest BCUT2D eigenvalue weighted by Gasteiger charge is 2.24. The molecular weight excluding hydrogens is 248 g/mol. The quantitative estimate of drug-likeness (QED) is 0.827. The van der Waals surface area contributed by atoms with Gasteiger partial charge in [0.05, 0.1) is 6.61 Å². The molecule has 0 aromatic heterocycles. The summed E-state index contributed by atoms with van der Waals surface area (Å²) in [5.74, 6) is 0. The summed E-state index contributed by atoms with van der Waals surface area (Å²) in [6.45, 7) is 3.67. The van der Waals surface area contributed by atoms with Crippen molar-refractivity contribution >= 4 is 0 Å². The van der Waals surface area contributed by atoms with Crippen LogP contribution >= 0.6 is 0 Å². The number of nitrogens with zero attached hydrogens (tertiary/aromatic N) is 1. The van der Waals surface area contributed by atoms with E-state index in [4.69, 9.17) is 0 Å². The Hall–Kier alpha value is -0.900. The van der Waals surface area contributed by atoms with E-state index in [1.807, 2.05) is 0 Å². The van der Waals surface area contributed by atoms with E-state index in [0.717, 1.165) is 38.9 Å². The average Bonchev–Trinajstić information content (AvgIpc) is 3.30. The monoisotopic (exact) mass is 274 g/mol. The third-order valence-electron chi connectivity index (χ3n) is 4.58. The summed E-state index contributed by atoms with van der Waals surface area (Å²) in [5.41, 5.74) is 3.04. The summed E-state index contributed by atoms with van der Waals surface area (Å²) >= 11 is 0. The number of aliphatic hydroxyl groups excluding tert-OH is 1. The highest BCUT2D eigenvalue weighted by Crippen LogP contribution is 2.20. The van der Waals surface area contributed by atoms with Crippen LogP contribution in [0.15, 0.2) is 24.3 Å². The van der Waals surface area contributed by atoms with Crippen LogP contribution in [0.25, 0.3) is 0 Å². The van der Waals surface area contributed by atoms with Crippen LogP contribution in [0.1, 0.15) is 30.4 Å². The maximum Gasteiger partial charge on any atom is 0.0585 e. The molecule has 1 aliphatic carbocycles. The van der Waals surface area contributed by atoms with Crippen molar-refractivity contribution in [3.63, 3.8) is 0 Å². The first-order chi connectivity index (χ1) is 9.85. The molecule has 110 valence electrons. The van der Waals surface area contributed by atoms with Crippen LogP contribution in [0.2, 0.25) is 0 Å². The standard InChI is InChI=1S/C17H26N2O/c20-13-17(18-16-5-6-16)9-12-19-10-7-14-3-1-2-4-15(14)8-11-19/h1-4,16-18,20H,5-13H2. The van der Waals surface area contributed by atoms with E-state index >= 15 is 0 Å². The molecule has 0 radical (unpaired) electrons. The molecule has 1 heterocycles. The molecule has 3 rings (SSSR count). The summed E-state index contributed by atoms with van der Waals surface area (Å²) in [5, 5.41) is 13.0. The molecule has 1 aromatic carbocycles. The summed E-state index contributed by atoms with van der Waals surface area (Å²) in [6.07, 6.45) is 5.96. The van der Waals surface area contributed by atoms with Crippen LogP contribution in [-0.2, 0) is 12.8 Å². The molecule has 0 bridgehead atoms. The molecule has 1 unspecified atom stereocenters. The number of nitrogens with one attached hydrogen (secondary N) is 1. The molecule has 0 spiro atoms. The molecule has 0 saturated heterocycles. The van der Waals surface area contributed by atoms with Crippen LogP contribution in [-0.4, -0.2) is 48.3 Å². The fraction of sp³-hybridized carbons (Fsp3) is 0.647. The molecule has 1 atom stereocenters. The lowest BCUT2D eigenvalue weighted by molar-refractivity contribution is 0.207. The average molecular weight is 274 g/mol. The van der Waals surface area contributed by atoms with E-state index in [9.17, 15) is 5.11 Å². The minimum absolute atomic E-state index is 0.268. The van der Waals surface area contributed by atoms with Crippen LogP contribution < -0.4 is 5.32 Å². The van der Waals surface area contributed by atoms with Gasteiger partial charge in [0.25, 0.3) is 0 Å². The van der Waals surface area contributed by atoms with Gasteiger partial charge in [0, 0.05) is 25.2 Å². The van der Waals surface area contributed by atoms with Gasteiger partial charge in [0.2, 0.25) is 0 Å². The molecule has 2 N–H and O–H groups in total. The first kappa shape index (κ1) is 14.1. The summed E-state index contributed by atoms with van der Waals surface area (Å²) in [7, 11) is 0. The Morgan fingerprint density at radius 2 is 1.80 bits per heavy atom. The van der Waals surface area contributed by atoms with Crippen LogP contribution in [0.4, 0.5) is 0 Å². The molecule has 2 aliphatic rings. The van der Waals surface area contributed by atoms with Crippen LogP contribution in [0.5, 0.6) is 0 Å². The maximum atomic E-state index is 9.45. The van der Waals surface area contributed by atoms with Gasteiger partial charge in [-0.1, -0.05) is 24.3 Å². The fourth-order valence-electron chi connectivity index (χ4n) is 3.09. The Bertz CT molecular complexity index is 404. The number of hydrogen-bond donors (Lipinski definition) is 2. The molecule has 1 aliphatic heterocycles. The maximum absolute atomic E-state index is 9.45. The van der Waals surface area contributed by atoms with Crippen molar-refractivity contribution in [2.24, 2.45) is 0 Å². The largest absolute Gasteiger partial charge is 0.395 e. The molecule has 1 saturated carbocycles. The van der Waals surface area contributed by atoms with E-state index in [1.165, 1.54) is 24.0 Å². The van der Waals surface area contributed by atoms with Gasteiger partial charge in [-0.05, 0) is 49.8 Å². The predicted molar refractivity (Wildman–Crippen MR) is 81.9 cm³/mol. The Kier molecular flexibility index (Phi) is 4.71. The number of hydrogen-bond acceptors (Lipinski definition) is 3. The van der Waals surface area contributed by atoms with Crippen molar-refractivity contribution in [1.29, 1.82) is 0 Å². The van der Waals surface area contributed by atoms with Gasteiger partial charge >= 0.3 is 0 Å². The summed E-state index contributed by atoms with van der Waals surface area (Å²) in [6, 6.07) is 9.80. The van der Waals surface area contributed by atoms with Crippen molar-refractivity contribution in [2.75, 3.05) is 26.2 Å². The van der Waals surface area contributed by atoms with Crippen LogP contribution in [0, 0.1) is 0 Å². The molecule has 3 heteroatoms. The zero-order valence-corrected chi connectivity index (χ0v) is 12.2.